The van der Waals surface area contributed by atoms with E-state index < -0.39 is 12.1 Å². The van der Waals surface area contributed by atoms with Crippen LogP contribution < -0.4 is 15.4 Å². The largest absolute Gasteiger partial charge is 0.495 e. The molecule has 3 amide bonds. The fourth-order valence-electron chi connectivity index (χ4n) is 3.21. The van der Waals surface area contributed by atoms with Crippen LogP contribution >= 0.6 is 0 Å². The van der Waals surface area contributed by atoms with Crippen molar-refractivity contribution in [1.29, 1.82) is 0 Å². The molecule has 1 aromatic rings. The van der Waals surface area contributed by atoms with E-state index in [1.807, 2.05) is 30.9 Å². The van der Waals surface area contributed by atoms with Crippen molar-refractivity contribution in [1.82, 2.24) is 15.1 Å². The minimum atomic E-state index is -0.544. The molecule has 7 heteroatoms. The maximum absolute atomic E-state index is 13.0. The second-order valence-electron chi connectivity index (χ2n) is 6.92. The lowest BCUT2D eigenvalue weighted by molar-refractivity contribution is -0.136. The molecule has 1 fully saturated rings. The smallest absolute Gasteiger partial charge is 0.320 e. The van der Waals surface area contributed by atoms with Gasteiger partial charge in [0.2, 0.25) is 5.91 Å². The van der Waals surface area contributed by atoms with E-state index in [0.29, 0.717) is 24.5 Å². The number of piperazine rings is 1. The molecule has 2 rings (SSSR count). The van der Waals surface area contributed by atoms with E-state index in [-0.39, 0.29) is 11.8 Å². The summed E-state index contributed by atoms with van der Waals surface area (Å²) in [4.78, 5) is 29.8. The molecule has 2 N–H and O–H groups in total. The lowest BCUT2D eigenvalue weighted by atomic mass is 9.97. The molecular weight excluding hydrogens is 344 g/mol. The molecule has 1 aliphatic heterocycles. The van der Waals surface area contributed by atoms with Crippen molar-refractivity contribution in [2.75, 3.05) is 45.2 Å². The zero-order valence-corrected chi connectivity index (χ0v) is 16.8. The standard InChI is InChI=1S/C20H32N4O3/c1-5-15(3)18(19(25)24-13-11-23(6-2)12-14-24)22-20(26)21-16-9-7-8-10-17(16)27-4/h7-10,15,18H,5-6,11-14H2,1-4H3,(H2,21,22,26). The number of likely N-dealkylation sites (N-methyl/N-ethyl adjacent to an activating group) is 1. The minimum Gasteiger partial charge on any atom is -0.495 e. The van der Waals surface area contributed by atoms with E-state index in [1.54, 1.807) is 19.2 Å². The molecular formula is C20H32N4O3. The van der Waals surface area contributed by atoms with Gasteiger partial charge >= 0.3 is 6.03 Å². The van der Waals surface area contributed by atoms with Crippen LogP contribution in [0.2, 0.25) is 0 Å². The summed E-state index contributed by atoms with van der Waals surface area (Å²) in [5.41, 5.74) is 0.574. The molecule has 2 atom stereocenters. The summed E-state index contributed by atoms with van der Waals surface area (Å²) >= 11 is 0. The van der Waals surface area contributed by atoms with Crippen LogP contribution in [-0.4, -0.2) is 67.6 Å². The van der Waals surface area contributed by atoms with Gasteiger partial charge in [-0.2, -0.15) is 0 Å². The van der Waals surface area contributed by atoms with Crippen LogP contribution in [0.1, 0.15) is 27.2 Å². The van der Waals surface area contributed by atoms with Crippen molar-refractivity contribution in [3.05, 3.63) is 24.3 Å². The number of rotatable bonds is 7. The highest BCUT2D eigenvalue weighted by Crippen LogP contribution is 2.23. The molecule has 2 unspecified atom stereocenters. The molecule has 0 aromatic heterocycles. The van der Waals surface area contributed by atoms with Gasteiger partial charge in [-0.1, -0.05) is 39.3 Å². The zero-order chi connectivity index (χ0) is 19.8. The number of methoxy groups -OCH3 is 1. The second kappa shape index (κ2) is 10.2. The number of nitrogens with zero attached hydrogens (tertiary/aromatic N) is 2. The Balaban J connectivity index is 2.03. The third kappa shape index (κ3) is 5.60. The molecule has 0 spiro atoms. The first-order valence-corrected chi connectivity index (χ1v) is 9.71. The Kier molecular flexibility index (Phi) is 7.91. The molecule has 1 saturated heterocycles. The summed E-state index contributed by atoms with van der Waals surface area (Å²) in [7, 11) is 1.56. The number of hydrogen-bond acceptors (Lipinski definition) is 4. The Bertz CT molecular complexity index is 629. The minimum absolute atomic E-state index is 0.00437. The van der Waals surface area contributed by atoms with Crippen molar-refractivity contribution >= 4 is 17.6 Å². The van der Waals surface area contributed by atoms with Crippen molar-refractivity contribution in [3.8, 4) is 5.75 Å². The van der Waals surface area contributed by atoms with Crippen LogP contribution in [0.5, 0.6) is 5.75 Å². The zero-order valence-electron chi connectivity index (χ0n) is 16.8. The van der Waals surface area contributed by atoms with Gasteiger partial charge in [-0.15, -0.1) is 0 Å². The highest BCUT2D eigenvalue weighted by Gasteiger charge is 2.31. The number of nitrogens with one attached hydrogen (secondary N) is 2. The molecule has 1 heterocycles. The number of ether oxygens (including phenoxy) is 1. The predicted octanol–water partition coefficient (Wildman–Crippen LogP) is 2.40. The molecule has 0 aliphatic carbocycles. The Morgan fingerprint density at radius 3 is 2.41 bits per heavy atom. The van der Waals surface area contributed by atoms with E-state index in [0.717, 1.165) is 26.1 Å². The first kappa shape index (κ1) is 21.0. The first-order valence-electron chi connectivity index (χ1n) is 9.71. The van der Waals surface area contributed by atoms with E-state index >= 15 is 0 Å². The first-order chi connectivity index (χ1) is 13.0. The van der Waals surface area contributed by atoms with E-state index in [2.05, 4.69) is 22.5 Å². The predicted molar refractivity (Wildman–Crippen MR) is 107 cm³/mol. The number of para-hydroxylation sites is 2. The van der Waals surface area contributed by atoms with Crippen LogP contribution in [0.15, 0.2) is 24.3 Å². The Morgan fingerprint density at radius 2 is 1.81 bits per heavy atom. The highest BCUT2D eigenvalue weighted by atomic mass is 16.5. The number of hydrogen-bond donors (Lipinski definition) is 2. The average molecular weight is 377 g/mol. The molecule has 27 heavy (non-hydrogen) atoms. The molecule has 7 nitrogen and oxygen atoms in total. The van der Waals surface area contributed by atoms with Crippen molar-refractivity contribution in [2.45, 2.75) is 33.2 Å². The third-order valence-corrected chi connectivity index (χ3v) is 5.25. The van der Waals surface area contributed by atoms with E-state index in [9.17, 15) is 9.59 Å². The van der Waals surface area contributed by atoms with E-state index in [1.165, 1.54) is 0 Å². The summed E-state index contributed by atoms with van der Waals surface area (Å²) in [6.45, 7) is 10.3. The SMILES string of the molecule is CCC(C)C(NC(=O)Nc1ccccc1OC)C(=O)N1CCN(CC)CC1. The Morgan fingerprint density at radius 1 is 1.15 bits per heavy atom. The summed E-state index contributed by atoms with van der Waals surface area (Å²) in [5, 5.41) is 5.67. The number of carbonyl (C=O) groups is 2. The quantitative estimate of drug-likeness (QED) is 0.766. The second-order valence-corrected chi connectivity index (χ2v) is 6.92. The molecule has 0 saturated carbocycles. The third-order valence-electron chi connectivity index (χ3n) is 5.25. The van der Waals surface area contributed by atoms with Crippen LogP contribution in [0, 0.1) is 5.92 Å². The maximum atomic E-state index is 13.0. The molecule has 150 valence electrons. The van der Waals surface area contributed by atoms with Gasteiger partial charge < -0.3 is 25.2 Å². The van der Waals surface area contributed by atoms with Gasteiger partial charge in [0, 0.05) is 26.2 Å². The van der Waals surface area contributed by atoms with Crippen molar-refractivity contribution < 1.29 is 14.3 Å². The lowest BCUT2D eigenvalue weighted by Gasteiger charge is -2.37. The van der Waals surface area contributed by atoms with Crippen LogP contribution in [0.4, 0.5) is 10.5 Å². The summed E-state index contributed by atoms with van der Waals surface area (Å²) < 4.78 is 5.26. The Labute approximate surface area is 162 Å². The molecule has 0 bridgehead atoms. The fourth-order valence-corrected chi connectivity index (χ4v) is 3.21. The van der Waals surface area contributed by atoms with Gasteiger partial charge in [0.25, 0.3) is 0 Å². The maximum Gasteiger partial charge on any atom is 0.320 e. The van der Waals surface area contributed by atoms with Gasteiger partial charge in [-0.05, 0) is 24.6 Å². The lowest BCUT2D eigenvalue weighted by Crippen LogP contribution is -2.57. The molecule has 1 aliphatic rings. The van der Waals surface area contributed by atoms with Gasteiger partial charge in [-0.25, -0.2) is 4.79 Å². The topological polar surface area (TPSA) is 73.9 Å². The average Bonchev–Trinajstić information content (AvgIpc) is 2.71. The number of carbonyl (C=O) groups excluding carboxylic acids is 2. The Hall–Kier alpha value is -2.28. The van der Waals surface area contributed by atoms with Crippen molar-refractivity contribution in [2.24, 2.45) is 5.92 Å². The normalized spacial score (nSPS) is 17.1. The van der Waals surface area contributed by atoms with E-state index in [4.69, 9.17) is 4.74 Å². The highest BCUT2D eigenvalue weighted by molar-refractivity contribution is 5.94. The van der Waals surface area contributed by atoms with Gasteiger partial charge in [0.1, 0.15) is 11.8 Å². The monoisotopic (exact) mass is 376 g/mol. The van der Waals surface area contributed by atoms with Gasteiger partial charge in [0.15, 0.2) is 0 Å². The van der Waals surface area contributed by atoms with Gasteiger partial charge in [0.05, 0.1) is 12.8 Å². The van der Waals surface area contributed by atoms with Gasteiger partial charge in [-0.3, -0.25) is 4.79 Å². The van der Waals surface area contributed by atoms with Crippen LogP contribution in [0.3, 0.4) is 0 Å². The molecule has 0 radical (unpaired) electrons. The summed E-state index contributed by atoms with van der Waals surface area (Å²) in [5.74, 6) is 0.621. The fraction of sp³-hybridized carbons (Fsp3) is 0.600. The number of anilines is 1. The number of benzene rings is 1. The molecule has 1 aromatic carbocycles. The summed E-state index contributed by atoms with van der Waals surface area (Å²) in [6, 6.07) is 6.26. The number of amides is 3. The summed E-state index contributed by atoms with van der Waals surface area (Å²) in [6.07, 6.45) is 0.806. The van der Waals surface area contributed by atoms with Crippen LogP contribution in [-0.2, 0) is 4.79 Å². The van der Waals surface area contributed by atoms with Crippen LogP contribution in [0.25, 0.3) is 0 Å². The number of urea groups is 1. The van der Waals surface area contributed by atoms with Crippen molar-refractivity contribution in [3.63, 3.8) is 0 Å².